The van der Waals surface area contributed by atoms with E-state index < -0.39 is 10.0 Å². The van der Waals surface area contributed by atoms with Gasteiger partial charge in [0.25, 0.3) is 0 Å². The lowest BCUT2D eigenvalue weighted by Crippen LogP contribution is -2.41. The second-order valence-electron chi connectivity index (χ2n) is 4.69. The maximum atomic E-state index is 12.3. The molecule has 0 spiro atoms. The average molecular weight is 339 g/mol. The van der Waals surface area contributed by atoms with Crippen molar-refractivity contribution in [2.24, 2.45) is 11.7 Å². The first-order valence-electron chi connectivity index (χ1n) is 5.89. The lowest BCUT2D eigenvalue weighted by atomic mass is 10.1. The summed E-state index contributed by atoms with van der Waals surface area (Å²) in [6, 6.07) is 1.38. The van der Waals surface area contributed by atoms with Gasteiger partial charge in [0.05, 0.1) is 9.32 Å². The van der Waals surface area contributed by atoms with Crippen LogP contribution in [0.2, 0.25) is 4.34 Å². The third-order valence-corrected chi connectivity index (χ3v) is 7.11. The van der Waals surface area contributed by atoms with Crippen molar-refractivity contribution in [2.75, 3.05) is 0 Å². The number of halogens is 1. The minimum atomic E-state index is -3.54. The lowest BCUT2D eigenvalue weighted by Gasteiger charge is -2.19. The van der Waals surface area contributed by atoms with Crippen LogP contribution in [0.5, 0.6) is 0 Å². The van der Waals surface area contributed by atoms with Gasteiger partial charge in [-0.05, 0) is 31.4 Å². The smallest absolute Gasteiger partial charge is 0.250 e. The molecule has 0 aliphatic heterocycles. The standard InChI is InChI=1S/C11H15ClN2O2S3/c1-6-5-9(18-10(6)12)19(15,16)14-8-4-2-3-7(8)11(13)17/h5,7-8,14H,2-4H2,1H3,(H2,13,17). The molecule has 1 fully saturated rings. The average Bonchev–Trinajstić information content (AvgIpc) is 2.87. The van der Waals surface area contributed by atoms with Gasteiger partial charge in [0.2, 0.25) is 10.0 Å². The number of sulfonamides is 1. The number of hydrogen-bond donors (Lipinski definition) is 2. The third-order valence-electron chi connectivity index (χ3n) is 3.29. The van der Waals surface area contributed by atoms with Gasteiger partial charge in [-0.2, -0.15) is 0 Å². The van der Waals surface area contributed by atoms with Gasteiger partial charge >= 0.3 is 0 Å². The zero-order chi connectivity index (χ0) is 14.2. The predicted molar refractivity (Wildman–Crippen MR) is 82.3 cm³/mol. The first kappa shape index (κ1) is 15.2. The van der Waals surface area contributed by atoms with Crippen LogP contribution in [0.15, 0.2) is 10.3 Å². The summed E-state index contributed by atoms with van der Waals surface area (Å²) in [6.45, 7) is 1.78. The molecule has 8 heteroatoms. The summed E-state index contributed by atoms with van der Waals surface area (Å²) in [4.78, 5) is 0.380. The SMILES string of the molecule is Cc1cc(S(=O)(=O)NC2CCCC2C(N)=S)sc1Cl. The van der Waals surface area contributed by atoms with E-state index in [0.29, 0.717) is 9.32 Å². The van der Waals surface area contributed by atoms with Gasteiger partial charge in [0.1, 0.15) is 4.21 Å². The molecule has 1 aliphatic carbocycles. The summed E-state index contributed by atoms with van der Waals surface area (Å²) in [5.74, 6) is -0.0543. The maximum absolute atomic E-state index is 12.3. The van der Waals surface area contributed by atoms with Crippen LogP contribution in [-0.2, 0) is 10.0 Å². The Morgan fingerprint density at radius 3 is 2.79 bits per heavy atom. The summed E-state index contributed by atoms with van der Waals surface area (Å²) in [6.07, 6.45) is 2.53. The Hall–Kier alpha value is -0.210. The molecule has 4 nitrogen and oxygen atoms in total. The third kappa shape index (κ3) is 3.28. The van der Waals surface area contributed by atoms with Crippen molar-refractivity contribution in [3.63, 3.8) is 0 Å². The van der Waals surface area contributed by atoms with Crippen LogP contribution in [0.3, 0.4) is 0 Å². The molecule has 1 heterocycles. The molecule has 0 aromatic carbocycles. The molecule has 2 atom stereocenters. The number of thiocarbonyl (C=S) groups is 1. The Morgan fingerprint density at radius 1 is 1.58 bits per heavy atom. The summed E-state index contributed by atoms with van der Waals surface area (Å²) in [5, 5.41) is 0. The molecule has 1 aromatic rings. The van der Waals surface area contributed by atoms with E-state index in [0.717, 1.165) is 36.2 Å². The fourth-order valence-electron chi connectivity index (χ4n) is 2.26. The maximum Gasteiger partial charge on any atom is 0.250 e. The van der Waals surface area contributed by atoms with Gasteiger partial charge in [-0.25, -0.2) is 13.1 Å². The molecule has 0 saturated heterocycles. The zero-order valence-electron chi connectivity index (χ0n) is 10.3. The second-order valence-corrected chi connectivity index (χ2v) is 8.76. The van der Waals surface area contributed by atoms with E-state index in [9.17, 15) is 8.42 Å². The van der Waals surface area contributed by atoms with E-state index in [1.54, 1.807) is 13.0 Å². The van der Waals surface area contributed by atoms with Crippen LogP contribution in [0.1, 0.15) is 24.8 Å². The van der Waals surface area contributed by atoms with Crippen LogP contribution >= 0.6 is 35.2 Å². The molecule has 3 N–H and O–H groups in total. The van der Waals surface area contributed by atoms with Gasteiger partial charge in [0, 0.05) is 12.0 Å². The Morgan fingerprint density at radius 2 is 2.26 bits per heavy atom. The van der Waals surface area contributed by atoms with E-state index in [-0.39, 0.29) is 16.2 Å². The number of nitrogens with two attached hydrogens (primary N) is 1. The van der Waals surface area contributed by atoms with Crippen molar-refractivity contribution in [1.29, 1.82) is 0 Å². The summed E-state index contributed by atoms with van der Waals surface area (Å²) in [7, 11) is -3.54. The number of thiophene rings is 1. The number of hydrogen-bond acceptors (Lipinski definition) is 4. The molecule has 0 radical (unpaired) electrons. The normalized spacial score (nSPS) is 23.7. The van der Waals surface area contributed by atoms with E-state index in [4.69, 9.17) is 29.6 Å². The van der Waals surface area contributed by atoms with E-state index in [1.165, 1.54) is 0 Å². The Bertz CT molecular complexity index is 578. The van der Waals surface area contributed by atoms with Crippen molar-refractivity contribution in [3.8, 4) is 0 Å². The molecule has 1 aliphatic rings. The molecule has 2 unspecified atom stereocenters. The van der Waals surface area contributed by atoms with Crippen molar-refractivity contribution in [3.05, 3.63) is 16.0 Å². The van der Waals surface area contributed by atoms with Crippen LogP contribution in [0.25, 0.3) is 0 Å². The molecule has 106 valence electrons. The molecular formula is C11H15ClN2O2S3. The first-order valence-corrected chi connectivity index (χ1v) is 8.97. The van der Waals surface area contributed by atoms with Crippen LogP contribution < -0.4 is 10.5 Å². The summed E-state index contributed by atoms with van der Waals surface area (Å²) < 4.78 is 28.0. The molecule has 1 aromatic heterocycles. The molecule has 19 heavy (non-hydrogen) atoms. The Balaban J connectivity index is 2.20. The number of aryl methyl sites for hydroxylation is 1. The van der Waals surface area contributed by atoms with Gasteiger partial charge in [-0.3, -0.25) is 0 Å². The Kier molecular flexibility index (Phi) is 4.52. The van der Waals surface area contributed by atoms with E-state index in [1.807, 2.05) is 0 Å². The number of rotatable bonds is 4. The molecular weight excluding hydrogens is 324 g/mol. The lowest BCUT2D eigenvalue weighted by molar-refractivity contribution is 0.526. The minimum Gasteiger partial charge on any atom is -0.393 e. The van der Waals surface area contributed by atoms with E-state index >= 15 is 0 Å². The van der Waals surface area contributed by atoms with Crippen molar-refractivity contribution in [2.45, 2.75) is 36.4 Å². The summed E-state index contributed by atoms with van der Waals surface area (Å²) in [5.41, 5.74) is 6.42. The topological polar surface area (TPSA) is 72.2 Å². The zero-order valence-corrected chi connectivity index (χ0v) is 13.6. The van der Waals surface area contributed by atoms with E-state index in [2.05, 4.69) is 4.72 Å². The van der Waals surface area contributed by atoms with Crippen molar-refractivity contribution in [1.82, 2.24) is 4.72 Å². The Labute approximate surface area is 127 Å². The second kappa shape index (κ2) is 5.65. The fraction of sp³-hybridized carbons (Fsp3) is 0.545. The summed E-state index contributed by atoms with van der Waals surface area (Å²) >= 11 is 12.0. The van der Waals surface area contributed by atoms with Crippen LogP contribution in [-0.4, -0.2) is 19.4 Å². The monoisotopic (exact) mass is 338 g/mol. The highest BCUT2D eigenvalue weighted by Gasteiger charge is 2.33. The van der Waals surface area contributed by atoms with Crippen LogP contribution in [0, 0.1) is 12.8 Å². The van der Waals surface area contributed by atoms with Crippen molar-refractivity contribution >= 4 is 50.2 Å². The van der Waals surface area contributed by atoms with Crippen LogP contribution in [0.4, 0.5) is 0 Å². The predicted octanol–water partition coefficient (Wildman–Crippen LogP) is 2.44. The molecule has 2 rings (SSSR count). The van der Waals surface area contributed by atoms with Gasteiger partial charge in [0.15, 0.2) is 0 Å². The van der Waals surface area contributed by atoms with Gasteiger partial charge in [-0.1, -0.05) is 30.2 Å². The minimum absolute atomic E-state index is 0.0543. The quantitative estimate of drug-likeness (QED) is 0.827. The number of nitrogens with one attached hydrogen (secondary N) is 1. The highest BCUT2D eigenvalue weighted by Crippen LogP contribution is 2.32. The van der Waals surface area contributed by atoms with Crippen molar-refractivity contribution < 1.29 is 8.42 Å². The highest BCUT2D eigenvalue weighted by atomic mass is 35.5. The molecule has 0 amide bonds. The molecule has 1 saturated carbocycles. The fourth-order valence-corrected chi connectivity index (χ4v) is 5.58. The van der Waals surface area contributed by atoms with Gasteiger partial charge in [-0.15, -0.1) is 11.3 Å². The molecule has 0 bridgehead atoms. The van der Waals surface area contributed by atoms with Gasteiger partial charge < -0.3 is 5.73 Å². The highest BCUT2D eigenvalue weighted by molar-refractivity contribution is 7.91. The first-order chi connectivity index (χ1) is 8.81. The largest absolute Gasteiger partial charge is 0.393 e.